The summed E-state index contributed by atoms with van der Waals surface area (Å²) in [7, 11) is 0. The minimum Gasteiger partial charge on any atom is -0.385 e. The number of nitrogens with one attached hydrogen (secondary N) is 3. The van der Waals surface area contributed by atoms with Gasteiger partial charge in [0.1, 0.15) is 0 Å². The van der Waals surface area contributed by atoms with Gasteiger partial charge in [-0.3, -0.25) is 0 Å². The van der Waals surface area contributed by atoms with Crippen LogP contribution in [-0.4, -0.2) is 25.8 Å². The number of hydrogen-bond acceptors (Lipinski definition) is 3. The summed E-state index contributed by atoms with van der Waals surface area (Å²) in [6, 6.07) is 0. The molecule has 0 aromatic rings. The molecule has 1 heterocycles. The number of piperazine rings is 1. The molecule has 1 aliphatic rings. The van der Waals surface area contributed by atoms with Crippen LogP contribution in [0.4, 0.5) is 0 Å². The Morgan fingerprint density at radius 2 is 2.40 bits per heavy atom. The van der Waals surface area contributed by atoms with Gasteiger partial charge in [0.25, 0.3) is 0 Å². The summed E-state index contributed by atoms with van der Waals surface area (Å²) < 4.78 is 0.991. The maximum absolute atomic E-state index is 6.99. The van der Waals surface area contributed by atoms with Crippen molar-refractivity contribution >= 4 is 28.8 Å². The van der Waals surface area contributed by atoms with Crippen LogP contribution < -0.4 is 10.6 Å². The summed E-state index contributed by atoms with van der Waals surface area (Å²) in [5, 5.41) is 13.4. The third-order valence-corrected chi connectivity index (χ3v) is 2.32. The Balaban J connectivity index is 2.59. The quantitative estimate of drug-likeness (QED) is 0.469. The van der Waals surface area contributed by atoms with Gasteiger partial charge in [-0.25, -0.2) is 0 Å². The van der Waals surface area contributed by atoms with Gasteiger partial charge < -0.3 is 16.0 Å². The first-order valence-corrected chi connectivity index (χ1v) is 4.26. The molecule has 0 unspecified atom stereocenters. The fraction of sp³-hybridized carbons (Fsp3) is 0.500. The van der Waals surface area contributed by atoms with Gasteiger partial charge in [0.15, 0.2) is 0 Å². The van der Waals surface area contributed by atoms with Crippen molar-refractivity contribution in [2.24, 2.45) is 0 Å². The van der Waals surface area contributed by atoms with E-state index in [0.29, 0.717) is 0 Å². The predicted molar refractivity (Wildman–Crippen MR) is 50.7 cm³/mol. The lowest BCUT2D eigenvalue weighted by molar-refractivity contribution is 0.599. The van der Waals surface area contributed by atoms with E-state index in [4.69, 9.17) is 5.41 Å². The van der Waals surface area contributed by atoms with Gasteiger partial charge in [0, 0.05) is 31.5 Å². The topological polar surface area (TPSA) is 47.9 Å². The summed E-state index contributed by atoms with van der Waals surface area (Å²) >= 11 is 2.16. The highest BCUT2D eigenvalue weighted by atomic mass is 127. The summed E-state index contributed by atoms with van der Waals surface area (Å²) in [5.41, 5.74) is 1.14. The summed E-state index contributed by atoms with van der Waals surface area (Å²) in [4.78, 5) is 0. The van der Waals surface area contributed by atoms with Gasteiger partial charge in [-0.1, -0.05) is 0 Å². The average molecular weight is 251 g/mol. The normalized spacial score (nSPS) is 23.3. The molecule has 0 aromatic carbocycles. The van der Waals surface area contributed by atoms with E-state index in [1.54, 1.807) is 0 Å². The van der Waals surface area contributed by atoms with E-state index in [2.05, 4.69) is 33.2 Å². The molecule has 3 nitrogen and oxygen atoms in total. The standard InChI is InChI=1S/C6H10IN3/c7-5(3-8)6-4-9-1-2-10-6/h3,8-10H,1-2,4H2/b6-5+,8-3?. The second kappa shape index (κ2) is 3.92. The SMILES string of the molecule is N=C/C(I)=C1/CNCCN1. The summed E-state index contributed by atoms with van der Waals surface area (Å²) in [6.07, 6.45) is 1.37. The van der Waals surface area contributed by atoms with Crippen molar-refractivity contribution in [2.45, 2.75) is 0 Å². The Labute approximate surface area is 73.9 Å². The van der Waals surface area contributed by atoms with Crippen molar-refractivity contribution in [2.75, 3.05) is 19.6 Å². The molecule has 0 amide bonds. The fourth-order valence-electron chi connectivity index (χ4n) is 0.834. The van der Waals surface area contributed by atoms with Crippen molar-refractivity contribution < 1.29 is 0 Å². The molecule has 0 aromatic heterocycles. The van der Waals surface area contributed by atoms with Crippen molar-refractivity contribution in [1.29, 1.82) is 5.41 Å². The van der Waals surface area contributed by atoms with Crippen LogP contribution in [0.25, 0.3) is 0 Å². The summed E-state index contributed by atoms with van der Waals surface area (Å²) in [6.45, 7) is 2.86. The van der Waals surface area contributed by atoms with Gasteiger partial charge in [0.2, 0.25) is 0 Å². The van der Waals surface area contributed by atoms with E-state index in [1.807, 2.05) is 0 Å². The molecule has 0 atom stereocenters. The molecule has 1 fully saturated rings. The molecular formula is C6H10IN3. The van der Waals surface area contributed by atoms with Crippen LogP contribution in [0.3, 0.4) is 0 Å². The molecule has 0 saturated carbocycles. The first kappa shape index (κ1) is 8.00. The van der Waals surface area contributed by atoms with Crippen molar-refractivity contribution in [3.8, 4) is 0 Å². The second-order valence-corrected chi connectivity index (χ2v) is 3.24. The van der Waals surface area contributed by atoms with Gasteiger partial charge in [-0.05, 0) is 22.6 Å². The largest absolute Gasteiger partial charge is 0.385 e. The third-order valence-electron chi connectivity index (χ3n) is 1.36. The zero-order valence-electron chi connectivity index (χ0n) is 5.58. The Bertz CT molecular complexity index is 156. The zero-order chi connectivity index (χ0) is 7.40. The van der Waals surface area contributed by atoms with Crippen molar-refractivity contribution in [3.05, 3.63) is 9.28 Å². The maximum atomic E-state index is 6.99. The highest BCUT2D eigenvalue weighted by Gasteiger charge is 2.05. The van der Waals surface area contributed by atoms with E-state index in [9.17, 15) is 0 Å². The number of halogens is 1. The molecule has 0 radical (unpaired) electrons. The molecule has 1 rings (SSSR count). The van der Waals surface area contributed by atoms with Crippen LogP contribution in [-0.2, 0) is 0 Å². The molecule has 0 spiro atoms. The van der Waals surface area contributed by atoms with Gasteiger partial charge >= 0.3 is 0 Å². The molecule has 1 aliphatic heterocycles. The van der Waals surface area contributed by atoms with E-state index < -0.39 is 0 Å². The lowest BCUT2D eigenvalue weighted by atomic mass is 10.3. The number of allylic oxidation sites excluding steroid dienone is 1. The van der Waals surface area contributed by atoms with Crippen LogP contribution in [0.2, 0.25) is 0 Å². The molecule has 56 valence electrons. The number of rotatable bonds is 1. The molecule has 0 bridgehead atoms. The first-order valence-electron chi connectivity index (χ1n) is 3.18. The van der Waals surface area contributed by atoms with Crippen LogP contribution in [0.1, 0.15) is 0 Å². The first-order chi connectivity index (χ1) is 4.84. The van der Waals surface area contributed by atoms with Crippen molar-refractivity contribution in [1.82, 2.24) is 10.6 Å². The second-order valence-electron chi connectivity index (χ2n) is 2.07. The van der Waals surface area contributed by atoms with Crippen LogP contribution >= 0.6 is 22.6 Å². The monoisotopic (exact) mass is 251 g/mol. The van der Waals surface area contributed by atoms with E-state index in [-0.39, 0.29) is 0 Å². The van der Waals surface area contributed by atoms with Gasteiger partial charge in [0.05, 0.1) is 3.58 Å². The predicted octanol–water partition coefficient (Wildman–Crippen LogP) is 0.475. The maximum Gasteiger partial charge on any atom is 0.0508 e. The van der Waals surface area contributed by atoms with E-state index in [0.717, 1.165) is 28.9 Å². The molecule has 3 N–H and O–H groups in total. The number of hydrogen-bond donors (Lipinski definition) is 3. The van der Waals surface area contributed by atoms with E-state index in [1.165, 1.54) is 6.21 Å². The van der Waals surface area contributed by atoms with Crippen molar-refractivity contribution in [3.63, 3.8) is 0 Å². The van der Waals surface area contributed by atoms with Crippen LogP contribution in [0, 0.1) is 5.41 Å². The zero-order valence-corrected chi connectivity index (χ0v) is 7.73. The highest BCUT2D eigenvalue weighted by Crippen LogP contribution is 2.07. The van der Waals surface area contributed by atoms with Crippen LogP contribution in [0.15, 0.2) is 9.28 Å². The Morgan fingerprint density at radius 3 is 2.90 bits per heavy atom. The smallest absolute Gasteiger partial charge is 0.0508 e. The Kier molecular flexibility index (Phi) is 3.14. The molecular weight excluding hydrogens is 241 g/mol. The minimum atomic E-state index is 0.869. The van der Waals surface area contributed by atoms with Crippen LogP contribution in [0.5, 0.6) is 0 Å². The Hall–Kier alpha value is -0.100. The molecule has 4 heteroatoms. The third kappa shape index (κ3) is 1.95. The van der Waals surface area contributed by atoms with Gasteiger partial charge in [-0.15, -0.1) is 0 Å². The molecule has 10 heavy (non-hydrogen) atoms. The minimum absolute atomic E-state index is 0.869. The summed E-state index contributed by atoms with van der Waals surface area (Å²) in [5.74, 6) is 0. The highest BCUT2D eigenvalue weighted by molar-refractivity contribution is 14.1. The molecule has 1 saturated heterocycles. The lowest BCUT2D eigenvalue weighted by Gasteiger charge is -2.18. The van der Waals surface area contributed by atoms with E-state index >= 15 is 0 Å². The fourth-order valence-corrected chi connectivity index (χ4v) is 1.22. The lowest BCUT2D eigenvalue weighted by Crippen LogP contribution is -2.38. The molecule has 0 aliphatic carbocycles. The average Bonchev–Trinajstić information content (AvgIpc) is 2.05. The Morgan fingerprint density at radius 1 is 1.60 bits per heavy atom. The van der Waals surface area contributed by atoms with Gasteiger partial charge in [-0.2, -0.15) is 0 Å².